The molecule has 186 valence electrons. The molecular formula is C25H22F3N5O3. The number of carbonyl (C=O) groups excluding carboxylic acids is 1. The number of nitrogens with one attached hydrogen (secondary N) is 3. The molecule has 6 rings (SSSR count). The number of fused-ring (bicyclic) bond motifs is 3. The standard InChI is InChI=1S/C25H22F3N5O3/c26-25(27,28)22-10-18(14-5-6-20-21(9-14)36-13-35-20)31-23-11-19(32-33(22)23)24(34)29-8-7-15-12-30-17-4-2-1-3-16(15)17/h1-6,9,11-12,18,22,30-31H,7-8,10,13H2,(H,29,34)/t18-,22+/m0/s1. The van der Waals surface area contributed by atoms with Gasteiger partial charge in [0.1, 0.15) is 5.82 Å². The maximum absolute atomic E-state index is 14.0. The first-order chi connectivity index (χ1) is 17.4. The van der Waals surface area contributed by atoms with Crippen molar-refractivity contribution in [2.75, 3.05) is 18.7 Å². The predicted molar refractivity (Wildman–Crippen MR) is 125 cm³/mol. The second-order valence-electron chi connectivity index (χ2n) is 8.83. The molecule has 8 nitrogen and oxygen atoms in total. The van der Waals surface area contributed by atoms with Crippen LogP contribution in [0.3, 0.4) is 0 Å². The SMILES string of the molecule is O=C(NCCc1c[nH]c2ccccc12)c1cc2n(n1)[C@@H](C(F)(F)F)C[C@@H](c1ccc3c(c1)OCO3)N2. The van der Waals surface area contributed by atoms with Gasteiger partial charge in [-0.1, -0.05) is 24.3 Å². The smallest absolute Gasteiger partial charge is 0.410 e. The monoisotopic (exact) mass is 497 g/mol. The van der Waals surface area contributed by atoms with Crippen LogP contribution in [0.4, 0.5) is 19.0 Å². The summed E-state index contributed by atoms with van der Waals surface area (Å²) >= 11 is 0. The summed E-state index contributed by atoms with van der Waals surface area (Å²) in [5.41, 5.74) is 2.60. The van der Waals surface area contributed by atoms with Gasteiger partial charge in [0.2, 0.25) is 6.79 Å². The lowest BCUT2D eigenvalue weighted by atomic mass is 9.96. The molecule has 36 heavy (non-hydrogen) atoms. The molecule has 0 aliphatic carbocycles. The lowest BCUT2D eigenvalue weighted by Crippen LogP contribution is -2.35. The minimum Gasteiger partial charge on any atom is -0.454 e. The molecule has 2 aromatic carbocycles. The van der Waals surface area contributed by atoms with Crippen LogP contribution in [-0.2, 0) is 6.42 Å². The Kier molecular flexibility index (Phi) is 5.27. The third-order valence-electron chi connectivity index (χ3n) is 6.58. The Bertz CT molecular complexity index is 1440. The number of carbonyl (C=O) groups is 1. The van der Waals surface area contributed by atoms with Gasteiger partial charge in [-0.3, -0.25) is 4.79 Å². The van der Waals surface area contributed by atoms with Crippen LogP contribution in [0.2, 0.25) is 0 Å². The number of anilines is 1. The van der Waals surface area contributed by atoms with Gasteiger partial charge in [-0.25, -0.2) is 4.68 Å². The van der Waals surface area contributed by atoms with Crippen LogP contribution < -0.4 is 20.1 Å². The van der Waals surface area contributed by atoms with Crippen LogP contribution in [0.5, 0.6) is 11.5 Å². The van der Waals surface area contributed by atoms with Gasteiger partial charge in [-0.05, 0) is 35.7 Å². The number of alkyl halides is 3. The van der Waals surface area contributed by atoms with Crippen molar-refractivity contribution in [1.82, 2.24) is 20.1 Å². The summed E-state index contributed by atoms with van der Waals surface area (Å²) in [5.74, 6) is 0.651. The number of nitrogens with zero attached hydrogens (tertiary/aromatic N) is 2. The summed E-state index contributed by atoms with van der Waals surface area (Å²) in [7, 11) is 0. The fraction of sp³-hybridized carbons (Fsp3) is 0.280. The molecule has 2 aromatic heterocycles. The number of amides is 1. The Morgan fingerprint density at radius 1 is 1.14 bits per heavy atom. The van der Waals surface area contributed by atoms with Crippen molar-refractivity contribution in [2.24, 2.45) is 0 Å². The molecule has 4 heterocycles. The highest BCUT2D eigenvalue weighted by Crippen LogP contribution is 2.45. The zero-order chi connectivity index (χ0) is 24.9. The number of hydrogen-bond acceptors (Lipinski definition) is 5. The molecule has 4 aromatic rings. The van der Waals surface area contributed by atoms with E-state index in [1.807, 2.05) is 30.5 Å². The fourth-order valence-corrected chi connectivity index (χ4v) is 4.77. The van der Waals surface area contributed by atoms with Gasteiger partial charge < -0.3 is 25.1 Å². The van der Waals surface area contributed by atoms with Crippen molar-refractivity contribution in [3.8, 4) is 11.5 Å². The molecule has 0 radical (unpaired) electrons. The van der Waals surface area contributed by atoms with E-state index in [-0.39, 0.29) is 24.7 Å². The fourth-order valence-electron chi connectivity index (χ4n) is 4.77. The number of ether oxygens (including phenoxy) is 2. The predicted octanol–water partition coefficient (Wildman–Crippen LogP) is 4.73. The Hall–Kier alpha value is -4.15. The maximum atomic E-state index is 14.0. The Labute approximate surface area is 203 Å². The van der Waals surface area contributed by atoms with E-state index in [1.165, 1.54) is 6.07 Å². The summed E-state index contributed by atoms with van der Waals surface area (Å²) < 4.78 is 53.5. The largest absolute Gasteiger partial charge is 0.454 e. The van der Waals surface area contributed by atoms with Crippen molar-refractivity contribution in [3.05, 3.63) is 71.5 Å². The number of hydrogen-bond donors (Lipinski definition) is 3. The van der Waals surface area contributed by atoms with E-state index in [1.54, 1.807) is 18.2 Å². The van der Waals surface area contributed by atoms with Gasteiger partial charge in [0.05, 0.1) is 6.04 Å². The number of aromatic amines is 1. The molecule has 11 heteroatoms. The van der Waals surface area contributed by atoms with Gasteiger partial charge in [0.25, 0.3) is 5.91 Å². The van der Waals surface area contributed by atoms with Crippen LogP contribution >= 0.6 is 0 Å². The average Bonchev–Trinajstić information content (AvgIpc) is 3.60. The molecule has 0 spiro atoms. The van der Waals surface area contributed by atoms with Crippen LogP contribution in [-0.4, -0.2) is 40.2 Å². The summed E-state index contributed by atoms with van der Waals surface area (Å²) in [4.78, 5) is 15.9. The average molecular weight is 497 g/mol. The molecular weight excluding hydrogens is 475 g/mol. The first kappa shape index (κ1) is 22.3. The van der Waals surface area contributed by atoms with E-state index in [0.717, 1.165) is 21.1 Å². The van der Waals surface area contributed by atoms with Crippen molar-refractivity contribution in [2.45, 2.75) is 31.1 Å². The van der Waals surface area contributed by atoms with E-state index < -0.39 is 24.2 Å². The Morgan fingerprint density at radius 3 is 2.83 bits per heavy atom. The molecule has 0 fully saturated rings. The summed E-state index contributed by atoms with van der Waals surface area (Å²) in [6, 6.07) is 11.7. The lowest BCUT2D eigenvalue weighted by molar-refractivity contribution is -0.173. The summed E-state index contributed by atoms with van der Waals surface area (Å²) in [5, 5.41) is 11.0. The van der Waals surface area contributed by atoms with E-state index >= 15 is 0 Å². The number of H-pyrrole nitrogens is 1. The third kappa shape index (κ3) is 4.00. The molecule has 2 aliphatic rings. The molecule has 1 amide bonds. The van der Waals surface area contributed by atoms with Crippen LogP contribution in [0.1, 0.15) is 40.1 Å². The van der Waals surface area contributed by atoms with E-state index in [2.05, 4.69) is 20.7 Å². The number of benzene rings is 2. The highest BCUT2D eigenvalue weighted by molar-refractivity contribution is 5.93. The quantitative estimate of drug-likeness (QED) is 0.371. The molecule has 0 saturated carbocycles. The molecule has 2 atom stereocenters. The van der Waals surface area contributed by atoms with E-state index in [4.69, 9.17) is 9.47 Å². The number of halogens is 3. The van der Waals surface area contributed by atoms with E-state index in [0.29, 0.717) is 30.0 Å². The summed E-state index contributed by atoms with van der Waals surface area (Å²) in [6.45, 7) is 0.395. The minimum atomic E-state index is -4.54. The Balaban J connectivity index is 1.19. The number of rotatable bonds is 5. The molecule has 0 saturated heterocycles. The molecule has 3 N–H and O–H groups in total. The van der Waals surface area contributed by atoms with Crippen LogP contribution in [0.15, 0.2) is 54.7 Å². The first-order valence-corrected chi connectivity index (χ1v) is 11.5. The Morgan fingerprint density at radius 2 is 1.97 bits per heavy atom. The second kappa shape index (κ2) is 8.51. The number of para-hydroxylation sites is 1. The van der Waals surface area contributed by atoms with Crippen LogP contribution in [0, 0.1) is 0 Å². The summed E-state index contributed by atoms with van der Waals surface area (Å²) in [6.07, 6.45) is -2.36. The van der Waals surface area contributed by atoms with Gasteiger partial charge in [0.15, 0.2) is 23.2 Å². The van der Waals surface area contributed by atoms with Gasteiger partial charge in [0, 0.05) is 36.1 Å². The van der Waals surface area contributed by atoms with Gasteiger partial charge >= 0.3 is 6.18 Å². The highest BCUT2D eigenvalue weighted by atomic mass is 19.4. The van der Waals surface area contributed by atoms with Crippen molar-refractivity contribution < 1.29 is 27.4 Å². The zero-order valence-electron chi connectivity index (χ0n) is 18.9. The highest BCUT2D eigenvalue weighted by Gasteiger charge is 2.47. The van der Waals surface area contributed by atoms with Crippen LogP contribution in [0.25, 0.3) is 10.9 Å². The van der Waals surface area contributed by atoms with Gasteiger partial charge in [-0.2, -0.15) is 18.3 Å². The zero-order valence-corrected chi connectivity index (χ0v) is 18.9. The molecule has 0 bridgehead atoms. The third-order valence-corrected chi connectivity index (χ3v) is 6.58. The van der Waals surface area contributed by atoms with Gasteiger partial charge in [-0.15, -0.1) is 0 Å². The second-order valence-corrected chi connectivity index (χ2v) is 8.83. The topological polar surface area (TPSA) is 93.2 Å². The first-order valence-electron chi connectivity index (χ1n) is 11.5. The normalized spacial score (nSPS) is 18.6. The van der Waals surface area contributed by atoms with Crippen molar-refractivity contribution in [1.29, 1.82) is 0 Å². The molecule has 0 unspecified atom stereocenters. The lowest BCUT2D eigenvalue weighted by Gasteiger charge is -2.33. The van der Waals surface area contributed by atoms with Crippen molar-refractivity contribution in [3.63, 3.8) is 0 Å². The van der Waals surface area contributed by atoms with E-state index in [9.17, 15) is 18.0 Å². The maximum Gasteiger partial charge on any atom is 0.410 e. The molecule has 2 aliphatic heterocycles. The number of aromatic nitrogens is 3. The van der Waals surface area contributed by atoms with Crippen molar-refractivity contribution >= 4 is 22.6 Å². The minimum absolute atomic E-state index is 0.0722.